The van der Waals surface area contributed by atoms with Crippen LogP contribution in [0, 0.1) is 11.8 Å². The third-order valence-corrected chi connectivity index (χ3v) is 9.18. The van der Waals surface area contributed by atoms with E-state index in [1.165, 1.54) is 180 Å². The maximum absolute atomic E-state index is 6.25. The number of ether oxygens (including phenoxy) is 2. The summed E-state index contributed by atoms with van der Waals surface area (Å²) in [7, 11) is 0. The Hall–Kier alpha value is -0.340. The molecule has 0 rings (SSSR count). The molecule has 0 aromatic carbocycles. The van der Waals surface area contributed by atoms with Crippen LogP contribution in [0.4, 0.5) is 0 Å². The monoisotopic (exact) mass is 593 g/mol. The highest BCUT2D eigenvalue weighted by molar-refractivity contribution is 4.94. The van der Waals surface area contributed by atoms with Crippen molar-refractivity contribution in [2.75, 3.05) is 26.4 Å². The highest BCUT2D eigenvalue weighted by atomic mass is 16.5. The predicted octanol–water partition coefficient (Wildman–Crippen LogP) is 13.8. The molecule has 0 N–H and O–H groups in total. The molecule has 42 heavy (non-hydrogen) atoms. The fourth-order valence-electron chi connectivity index (χ4n) is 6.26. The van der Waals surface area contributed by atoms with Crippen LogP contribution >= 0.6 is 0 Å². The van der Waals surface area contributed by atoms with E-state index in [4.69, 9.17) is 9.47 Å². The van der Waals surface area contributed by atoms with Crippen molar-refractivity contribution in [2.45, 2.75) is 207 Å². The first-order valence-corrected chi connectivity index (χ1v) is 19.5. The van der Waals surface area contributed by atoms with E-state index in [2.05, 4.69) is 34.3 Å². The molecular formula is C40H80O2. The first-order chi connectivity index (χ1) is 20.7. The average Bonchev–Trinajstić information content (AvgIpc) is 2.99. The largest absolute Gasteiger partial charge is 0.377 e. The zero-order chi connectivity index (χ0) is 30.8. The molecule has 0 bridgehead atoms. The van der Waals surface area contributed by atoms with Gasteiger partial charge in [0.05, 0.1) is 13.2 Å². The summed E-state index contributed by atoms with van der Waals surface area (Å²) in [6.07, 6.45) is 38.6. The van der Waals surface area contributed by atoms with Crippen molar-refractivity contribution in [1.82, 2.24) is 0 Å². The molecule has 0 aliphatic rings. The third kappa shape index (κ3) is 31.1. The molecule has 0 aromatic heterocycles. The lowest BCUT2D eigenvalue weighted by Crippen LogP contribution is -2.15. The highest BCUT2D eigenvalue weighted by Gasteiger charge is 2.12. The molecule has 0 spiro atoms. The van der Waals surface area contributed by atoms with Crippen LogP contribution < -0.4 is 0 Å². The van der Waals surface area contributed by atoms with Crippen LogP contribution in [-0.4, -0.2) is 26.4 Å². The Labute approximate surface area is 267 Å². The fourth-order valence-corrected chi connectivity index (χ4v) is 6.26. The van der Waals surface area contributed by atoms with E-state index < -0.39 is 0 Å². The lowest BCUT2D eigenvalue weighted by Gasteiger charge is -2.19. The van der Waals surface area contributed by atoms with Crippen molar-refractivity contribution in [2.24, 2.45) is 11.8 Å². The Morgan fingerprint density at radius 3 is 0.881 bits per heavy atom. The first kappa shape index (κ1) is 41.7. The molecular weight excluding hydrogens is 512 g/mol. The second-order valence-electron chi connectivity index (χ2n) is 13.7. The SMILES string of the molecule is C=C(COCC(CCCCCCCC)CCCCCCCC)COCC(CCCCCCCC)CCCCCCCC. The van der Waals surface area contributed by atoms with Gasteiger partial charge in [-0.3, -0.25) is 0 Å². The van der Waals surface area contributed by atoms with Gasteiger partial charge in [0.1, 0.15) is 0 Å². The van der Waals surface area contributed by atoms with Crippen LogP contribution in [0.3, 0.4) is 0 Å². The molecule has 0 radical (unpaired) electrons. The average molecular weight is 593 g/mol. The van der Waals surface area contributed by atoms with Gasteiger partial charge in [-0.15, -0.1) is 0 Å². The van der Waals surface area contributed by atoms with Gasteiger partial charge in [-0.25, -0.2) is 0 Å². The molecule has 2 nitrogen and oxygen atoms in total. The summed E-state index contributed by atoms with van der Waals surface area (Å²) in [6, 6.07) is 0. The second kappa shape index (κ2) is 35.1. The molecule has 0 aliphatic heterocycles. The van der Waals surface area contributed by atoms with E-state index in [9.17, 15) is 0 Å². The summed E-state index contributed by atoms with van der Waals surface area (Å²) in [4.78, 5) is 0. The molecule has 0 atom stereocenters. The number of rotatable bonds is 36. The lowest BCUT2D eigenvalue weighted by molar-refractivity contribution is 0.0781. The van der Waals surface area contributed by atoms with Crippen LogP contribution in [0.5, 0.6) is 0 Å². The molecule has 0 unspecified atom stereocenters. The molecule has 0 fully saturated rings. The van der Waals surface area contributed by atoms with Gasteiger partial charge in [0.25, 0.3) is 0 Å². The van der Waals surface area contributed by atoms with Gasteiger partial charge in [0.15, 0.2) is 0 Å². The Morgan fingerprint density at radius 2 is 0.619 bits per heavy atom. The van der Waals surface area contributed by atoms with Crippen LogP contribution in [0.2, 0.25) is 0 Å². The van der Waals surface area contributed by atoms with Gasteiger partial charge >= 0.3 is 0 Å². The molecule has 252 valence electrons. The van der Waals surface area contributed by atoms with E-state index in [-0.39, 0.29) is 0 Å². The van der Waals surface area contributed by atoms with Gasteiger partial charge in [0.2, 0.25) is 0 Å². The maximum atomic E-state index is 6.25. The normalized spacial score (nSPS) is 11.8. The molecule has 0 aromatic rings. The number of unbranched alkanes of at least 4 members (excludes halogenated alkanes) is 20. The fraction of sp³-hybridized carbons (Fsp3) is 0.950. The quantitative estimate of drug-likeness (QED) is 0.0532. The summed E-state index contributed by atoms with van der Waals surface area (Å²) in [6.45, 7) is 16.7. The molecule has 0 aliphatic carbocycles. The maximum Gasteiger partial charge on any atom is 0.0696 e. The van der Waals surface area contributed by atoms with E-state index in [1.54, 1.807) is 0 Å². The Kier molecular flexibility index (Phi) is 34.9. The minimum atomic E-state index is 0.670. The lowest BCUT2D eigenvalue weighted by atomic mass is 9.94. The zero-order valence-electron chi connectivity index (χ0n) is 29.8. The van der Waals surface area contributed by atoms with Crippen molar-refractivity contribution in [1.29, 1.82) is 0 Å². The van der Waals surface area contributed by atoms with Crippen molar-refractivity contribution < 1.29 is 9.47 Å². The van der Waals surface area contributed by atoms with E-state index >= 15 is 0 Å². The standard InChI is InChI=1S/C40H80O2/c1-6-10-14-18-22-26-30-39(31-27-23-19-15-11-7-2)36-41-34-38(5)35-42-37-40(32-28-24-20-16-12-8-3)33-29-25-21-17-13-9-4/h39-40H,5-37H2,1-4H3. The Morgan fingerprint density at radius 1 is 0.381 bits per heavy atom. The predicted molar refractivity (Wildman–Crippen MR) is 190 cm³/mol. The zero-order valence-corrected chi connectivity index (χ0v) is 29.8. The molecule has 0 saturated heterocycles. The van der Waals surface area contributed by atoms with Crippen LogP contribution in [0.25, 0.3) is 0 Å². The van der Waals surface area contributed by atoms with E-state index in [0.29, 0.717) is 13.2 Å². The van der Waals surface area contributed by atoms with Crippen LogP contribution in [0.15, 0.2) is 12.2 Å². The third-order valence-electron chi connectivity index (χ3n) is 9.18. The van der Waals surface area contributed by atoms with Crippen molar-refractivity contribution in [3.8, 4) is 0 Å². The first-order valence-electron chi connectivity index (χ1n) is 19.5. The van der Waals surface area contributed by atoms with E-state index in [1.807, 2.05) is 0 Å². The summed E-state index contributed by atoms with van der Waals surface area (Å²) in [5, 5.41) is 0. The van der Waals surface area contributed by atoms with Crippen molar-refractivity contribution >= 4 is 0 Å². The van der Waals surface area contributed by atoms with Crippen LogP contribution in [0.1, 0.15) is 207 Å². The Balaban J connectivity index is 4.35. The van der Waals surface area contributed by atoms with Crippen LogP contribution in [-0.2, 0) is 9.47 Å². The minimum absolute atomic E-state index is 0.670. The van der Waals surface area contributed by atoms with E-state index in [0.717, 1.165) is 30.6 Å². The molecule has 2 heteroatoms. The van der Waals surface area contributed by atoms with Gasteiger partial charge in [-0.1, -0.05) is 188 Å². The second-order valence-corrected chi connectivity index (χ2v) is 13.7. The Bertz CT molecular complexity index is 440. The van der Waals surface area contributed by atoms with Gasteiger partial charge < -0.3 is 9.47 Å². The van der Waals surface area contributed by atoms with Crippen molar-refractivity contribution in [3.05, 3.63) is 12.2 Å². The van der Waals surface area contributed by atoms with Crippen molar-refractivity contribution in [3.63, 3.8) is 0 Å². The summed E-state index contributed by atoms with van der Waals surface area (Å²) in [5.74, 6) is 1.44. The summed E-state index contributed by atoms with van der Waals surface area (Å²) in [5.41, 5.74) is 1.12. The summed E-state index contributed by atoms with van der Waals surface area (Å²) < 4.78 is 12.5. The smallest absolute Gasteiger partial charge is 0.0696 e. The minimum Gasteiger partial charge on any atom is -0.377 e. The highest BCUT2D eigenvalue weighted by Crippen LogP contribution is 2.22. The van der Waals surface area contributed by atoms with Gasteiger partial charge in [0, 0.05) is 13.2 Å². The molecule has 0 heterocycles. The topological polar surface area (TPSA) is 18.5 Å². The van der Waals surface area contributed by atoms with Gasteiger partial charge in [-0.05, 0) is 43.1 Å². The summed E-state index contributed by atoms with van der Waals surface area (Å²) >= 11 is 0. The number of hydrogen-bond donors (Lipinski definition) is 0. The molecule has 0 amide bonds. The van der Waals surface area contributed by atoms with Gasteiger partial charge in [-0.2, -0.15) is 0 Å². The molecule has 0 saturated carbocycles. The number of hydrogen-bond acceptors (Lipinski definition) is 2.